The Hall–Kier alpha value is -1.26. The molecule has 0 saturated carbocycles. The van der Waals surface area contributed by atoms with E-state index in [0.29, 0.717) is 0 Å². The highest BCUT2D eigenvalue weighted by molar-refractivity contribution is 6.61. The Balaban J connectivity index is 2.06. The summed E-state index contributed by atoms with van der Waals surface area (Å²) in [4.78, 5) is 0. The first-order valence-corrected chi connectivity index (χ1v) is 7.13. The van der Waals surface area contributed by atoms with Crippen LogP contribution < -0.4 is 5.59 Å². The van der Waals surface area contributed by atoms with Crippen molar-refractivity contribution in [3.63, 3.8) is 0 Å². The maximum atomic E-state index is 6.15. The lowest BCUT2D eigenvalue weighted by atomic mass is 9.84. The molecule has 0 amide bonds. The highest BCUT2D eigenvalue weighted by atomic mass is 16.7. The smallest absolute Gasteiger partial charge is 0.398 e. The van der Waals surface area contributed by atoms with Gasteiger partial charge < -0.3 is 13.9 Å². The fourth-order valence-electron chi connectivity index (χ4n) is 2.68. The van der Waals surface area contributed by atoms with Crippen molar-refractivity contribution in [2.24, 2.45) is 7.05 Å². The van der Waals surface area contributed by atoms with Crippen LogP contribution in [0, 0.1) is 6.92 Å². The van der Waals surface area contributed by atoms with E-state index in [4.69, 9.17) is 9.31 Å². The van der Waals surface area contributed by atoms with E-state index in [1.165, 1.54) is 16.5 Å². The third kappa shape index (κ3) is 1.90. The number of aryl methyl sites for hydroxylation is 2. The van der Waals surface area contributed by atoms with Crippen molar-refractivity contribution < 1.29 is 9.31 Å². The summed E-state index contributed by atoms with van der Waals surface area (Å²) in [5, 5.41) is 1.23. The molecule has 0 radical (unpaired) electrons. The lowest BCUT2D eigenvalue weighted by Gasteiger charge is -2.32. The number of hydrogen-bond donors (Lipinski definition) is 0. The summed E-state index contributed by atoms with van der Waals surface area (Å²) in [6, 6.07) is 8.66. The highest BCUT2D eigenvalue weighted by Crippen LogP contribution is 2.36. The molecule has 0 aliphatic carbocycles. The van der Waals surface area contributed by atoms with Gasteiger partial charge in [-0.15, -0.1) is 0 Å². The molecular weight excluding hydrogens is 249 g/mol. The molecule has 1 fully saturated rings. The van der Waals surface area contributed by atoms with Crippen molar-refractivity contribution in [2.75, 3.05) is 0 Å². The average molecular weight is 271 g/mol. The molecule has 0 N–H and O–H groups in total. The maximum absolute atomic E-state index is 6.15. The van der Waals surface area contributed by atoms with E-state index < -0.39 is 0 Å². The third-order valence-electron chi connectivity index (χ3n) is 4.73. The van der Waals surface area contributed by atoms with Gasteiger partial charge in [0.25, 0.3) is 0 Å². The second kappa shape index (κ2) is 4.12. The number of rotatable bonds is 1. The molecule has 20 heavy (non-hydrogen) atoms. The van der Waals surface area contributed by atoms with Gasteiger partial charge in [-0.3, -0.25) is 0 Å². The summed E-state index contributed by atoms with van der Waals surface area (Å²) in [5.74, 6) is 0. The number of nitrogens with zero attached hydrogens (tertiary/aromatic N) is 1. The molecule has 4 heteroatoms. The van der Waals surface area contributed by atoms with Crippen LogP contribution in [0.3, 0.4) is 0 Å². The predicted molar refractivity (Wildman–Crippen MR) is 83.4 cm³/mol. The lowest BCUT2D eigenvalue weighted by Crippen LogP contribution is -2.41. The first kappa shape index (κ1) is 13.7. The summed E-state index contributed by atoms with van der Waals surface area (Å²) in [6.07, 6.45) is 0. The molecule has 1 aromatic heterocycles. The molecule has 0 spiro atoms. The van der Waals surface area contributed by atoms with E-state index in [0.717, 1.165) is 5.59 Å². The van der Waals surface area contributed by atoms with E-state index >= 15 is 0 Å². The molecule has 2 aromatic rings. The van der Waals surface area contributed by atoms with Gasteiger partial charge in [-0.1, -0.05) is 11.6 Å². The standard InChI is InChI=1S/C16H22BNO2/c1-11-7-8-13-12(9-11)10-14(18(13)6)17-19-15(2,3)16(4,5)20-17/h7-10H,1-6H3. The Morgan fingerprint density at radius 3 is 2.20 bits per heavy atom. The van der Waals surface area contributed by atoms with Crippen LogP contribution in [-0.2, 0) is 16.4 Å². The molecule has 106 valence electrons. The van der Waals surface area contributed by atoms with Gasteiger partial charge in [-0.25, -0.2) is 0 Å². The third-order valence-corrected chi connectivity index (χ3v) is 4.73. The summed E-state index contributed by atoms with van der Waals surface area (Å²) < 4.78 is 14.5. The van der Waals surface area contributed by atoms with Crippen LogP contribution in [0.25, 0.3) is 10.9 Å². The molecule has 0 bridgehead atoms. The molecule has 1 aliphatic heterocycles. The Morgan fingerprint density at radius 1 is 1.00 bits per heavy atom. The monoisotopic (exact) mass is 271 g/mol. The quantitative estimate of drug-likeness (QED) is 0.744. The molecule has 1 aromatic carbocycles. The van der Waals surface area contributed by atoms with Crippen molar-refractivity contribution in [1.29, 1.82) is 0 Å². The number of fused-ring (bicyclic) bond motifs is 1. The molecular formula is C16H22BNO2. The molecule has 2 heterocycles. The van der Waals surface area contributed by atoms with Gasteiger partial charge in [-0.05, 0) is 58.2 Å². The molecule has 3 nitrogen and oxygen atoms in total. The second-order valence-corrected chi connectivity index (χ2v) is 6.78. The lowest BCUT2D eigenvalue weighted by molar-refractivity contribution is 0.00578. The first-order chi connectivity index (χ1) is 9.21. The topological polar surface area (TPSA) is 23.4 Å². The van der Waals surface area contributed by atoms with Gasteiger partial charge in [0.1, 0.15) is 0 Å². The van der Waals surface area contributed by atoms with Gasteiger partial charge in [-0.2, -0.15) is 0 Å². The fourth-order valence-corrected chi connectivity index (χ4v) is 2.68. The zero-order valence-electron chi connectivity index (χ0n) is 13.2. The minimum Gasteiger partial charge on any atom is -0.398 e. The van der Waals surface area contributed by atoms with Crippen LogP contribution in [0.4, 0.5) is 0 Å². The molecule has 3 rings (SSSR count). The van der Waals surface area contributed by atoms with Gasteiger partial charge in [0.2, 0.25) is 0 Å². The summed E-state index contributed by atoms with van der Waals surface area (Å²) in [6.45, 7) is 10.4. The zero-order chi connectivity index (χ0) is 14.7. The molecule has 1 aliphatic rings. The molecule has 1 saturated heterocycles. The van der Waals surface area contributed by atoms with Crippen molar-refractivity contribution in [1.82, 2.24) is 4.57 Å². The Labute approximate surface area is 121 Å². The predicted octanol–water partition coefficient (Wildman–Crippen LogP) is 2.79. The van der Waals surface area contributed by atoms with E-state index in [1.54, 1.807) is 0 Å². The van der Waals surface area contributed by atoms with Gasteiger partial charge in [0.15, 0.2) is 0 Å². The first-order valence-electron chi connectivity index (χ1n) is 7.13. The largest absolute Gasteiger partial charge is 0.512 e. The maximum Gasteiger partial charge on any atom is 0.512 e. The second-order valence-electron chi connectivity index (χ2n) is 6.78. The number of hydrogen-bond acceptors (Lipinski definition) is 2. The fraction of sp³-hybridized carbons (Fsp3) is 0.500. The van der Waals surface area contributed by atoms with Crippen LogP contribution in [-0.4, -0.2) is 22.9 Å². The van der Waals surface area contributed by atoms with Gasteiger partial charge in [0.05, 0.1) is 11.2 Å². The van der Waals surface area contributed by atoms with E-state index in [-0.39, 0.29) is 18.3 Å². The van der Waals surface area contributed by atoms with Crippen LogP contribution >= 0.6 is 0 Å². The van der Waals surface area contributed by atoms with Crippen LogP contribution in [0.1, 0.15) is 33.3 Å². The van der Waals surface area contributed by atoms with Crippen LogP contribution in [0.5, 0.6) is 0 Å². The summed E-state index contributed by atoms with van der Waals surface area (Å²) >= 11 is 0. The van der Waals surface area contributed by atoms with Crippen LogP contribution in [0.2, 0.25) is 0 Å². The Bertz CT molecular complexity index is 656. The van der Waals surface area contributed by atoms with Crippen molar-refractivity contribution in [3.8, 4) is 0 Å². The van der Waals surface area contributed by atoms with E-state index in [9.17, 15) is 0 Å². The minimum atomic E-state index is -0.308. The van der Waals surface area contributed by atoms with E-state index in [1.807, 2.05) is 0 Å². The van der Waals surface area contributed by atoms with Gasteiger partial charge in [0, 0.05) is 18.2 Å². The van der Waals surface area contributed by atoms with Crippen molar-refractivity contribution >= 4 is 23.6 Å². The highest BCUT2D eigenvalue weighted by Gasteiger charge is 2.52. The molecule has 0 unspecified atom stereocenters. The van der Waals surface area contributed by atoms with E-state index in [2.05, 4.69) is 70.5 Å². The normalized spacial score (nSPS) is 20.8. The van der Waals surface area contributed by atoms with Crippen LogP contribution in [0.15, 0.2) is 24.3 Å². The zero-order valence-corrected chi connectivity index (χ0v) is 13.2. The molecule has 0 atom stereocenters. The number of aromatic nitrogens is 1. The van der Waals surface area contributed by atoms with Gasteiger partial charge >= 0.3 is 7.12 Å². The minimum absolute atomic E-state index is 0.302. The van der Waals surface area contributed by atoms with Crippen molar-refractivity contribution in [3.05, 3.63) is 29.8 Å². The number of benzene rings is 1. The Morgan fingerprint density at radius 2 is 1.60 bits per heavy atom. The van der Waals surface area contributed by atoms with Crippen molar-refractivity contribution in [2.45, 2.75) is 45.8 Å². The average Bonchev–Trinajstić information content (AvgIpc) is 2.74. The SMILES string of the molecule is Cc1ccc2c(c1)cc(B1OC(C)(C)C(C)(C)O1)n2C. The summed E-state index contributed by atoms with van der Waals surface area (Å²) in [5.41, 5.74) is 2.95. The summed E-state index contributed by atoms with van der Waals surface area (Å²) in [7, 11) is 1.76. The Kier molecular flexibility index (Phi) is 2.83.